The Labute approximate surface area is 202 Å². The largest absolute Gasteiger partial charge is 0.490 e. The number of halogens is 2. The van der Waals surface area contributed by atoms with Gasteiger partial charge >= 0.3 is 5.97 Å². The molecule has 3 aromatic rings. The summed E-state index contributed by atoms with van der Waals surface area (Å²) in [6, 6.07) is 18.5. The summed E-state index contributed by atoms with van der Waals surface area (Å²) in [5, 5.41) is 0.810. The molecule has 0 unspecified atom stereocenters. The van der Waals surface area contributed by atoms with Crippen LogP contribution in [0, 0.1) is 6.92 Å². The van der Waals surface area contributed by atoms with Crippen molar-refractivity contribution in [3.8, 4) is 11.5 Å². The van der Waals surface area contributed by atoms with Crippen LogP contribution in [0.15, 0.2) is 71.4 Å². The van der Waals surface area contributed by atoms with E-state index in [1.807, 2.05) is 38.1 Å². The van der Waals surface area contributed by atoms with Crippen LogP contribution >= 0.6 is 23.2 Å². The number of nitrogens with zero attached hydrogens (tertiary/aromatic N) is 1. The summed E-state index contributed by atoms with van der Waals surface area (Å²) < 4.78 is 17.1. The Morgan fingerprint density at radius 2 is 1.76 bits per heavy atom. The van der Waals surface area contributed by atoms with Gasteiger partial charge in [-0.05, 0) is 60.9 Å². The fraction of sp³-hybridized carbons (Fsp3) is 0.154. The third-order valence-electron chi connectivity index (χ3n) is 4.99. The second-order valence-electron chi connectivity index (χ2n) is 7.29. The topological polar surface area (TPSA) is 57.1 Å². The van der Waals surface area contributed by atoms with E-state index in [0.717, 1.165) is 11.1 Å². The zero-order valence-electron chi connectivity index (χ0n) is 18.1. The molecule has 0 saturated heterocycles. The van der Waals surface area contributed by atoms with Crippen molar-refractivity contribution in [1.29, 1.82) is 0 Å². The van der Waals surface area contributed by atoms with E-state index in [2.05, 4.69) is 4.99 Å². The van der Waals surface area contributed by atoms with Crippen molar-refractivity contribution in [3.05, 3.63) is 98.7 Å². The lowest BCUT2D eigenvalue weighted by atomic mass is 10.1. The quantitative estimate of drug-likeness (QED) is 0.280. The zero-order chi connectivity index (χ0) is 23.4. The maximum atomic E-state index is 12.4. The maximum Gasteiger partial charge on any atom is 0.363 e. The van der Waals surface area contributed by atoms with Gasteiger partial charge in [0.2, 0.25) is 5.90 Å². The molecule has 0 aromatic heterocycles. The molecule has 33 heavy (non-hydrogen) atoms. The summed E-state index contributed by atoms with van der Waals surface area (Å²) in [6.45, 7) is 4.68. The Hall–Kier alpha value is -3.28. The smallest absolute Gasteiger partial charge is 0.363 e. The average molecular weight is 482 g/mol. The molecule has 0 atom stereocenters. The van der Waals surface area contributed by atoms with Gasteiger partial charge in [-0.1, -0.05) is 59.6 Å². The number of hydrogen-bond donors (Lipinski definition) is 0. The number of carbonyl (C=O) groups is 1. The number of benzene rings is 3. The molecule has 0 saturated carbocycles. The summed E-state index contributed by atoms with van der Waals surface area (Å²) >= 11 is 12.7. The van der Waals surface area contributed by atoms with E-state index in [0.29, 0.717) is 45.9 Å². The molecule has 1 heterocycles. The number of hydrogen-bond acceptors (Lipinski definition) is 5. The van der Waals surface area contributed by atoms with E-state index in [-0.39, 0.29) is 11.6 Å². The van der Waals surface area contributed by atoms with Gasteiger partial charge < -0.3 is 14.2 Å². The highest BCUT2D eigenvalue weighted by molar-refractivity contribution is 6.34. The van der Waals surface area contributed by atoms with Crippen LogP contribution in [0.3, 0.4) is 0 Å². The number of cyclic esters (lactones) is 1. The molecular formula is C26H21Cl2NO4. The van der Waals surface area contributed by atoms with E-state index in [4.69, 9.17) is 37.4 Å². The lowest BCUT2D eigenvalue weighted by molar-refractivity contribution is -0.129. The summed E-state index contributed by atoms with van der Waals surface area (Å²) in [6.07, 6.45) is 1.59. The summed E-state index contributed by atoms with van der Waals surface area (Å²) in [5.74, 6) is 0.510. The second-order valence-corrected chi connectivity index (χ2v) is 8.11. The van der Waals surface area contributed by atoms with Crippen LogP contribution in [-0.4, -0.2) is 18.5 Å². The molecule has 1 aliphatic rings. The van der Waals surface area contributed by atoms with Gasteiger partial charge in [0.1, 0.15) is 6.61 Å². The van der Waals surface area contributed by atoms with Gasteiger partial charge in [0.25, 0.3) is 0 Å². The average Bonchev–Trinajstić information content (AvgIpc) is 3.14. The number of aryl methyl sites for hydroxylation is 1. The Kier molecular flexibility index (Phi) is 7.02. The van der Waals surface area contributed by atoms with Gasteiger partial charge in [-0.2, -0.15) is 0 Å². The Morgan fingerprint density at radius 1 is 1.00 bits per heavy atom. The monoisotopic (exact) mass is 481 g/mol. The maximum absolute atomic E-state index is 12.4. The van der Waals surface area contributed by atoms with E-state index in [1.54, 1.807) is 42.5 Å². The van der Waals surface area contributed by atoms with Gasteiger partial charge in [-0.25, -0.2) is 9.79 Å². The minimum absolute atomic E-state index is 0.136. The van der Waals surface area contributed by atoms with Crippen molar-refractivity contribution in [2.75, 3.05) is 6.61 Å². The van der Waals surface area contributed by atoms with Crippen LogP contribution < -0.4 is 9.47 Å². The molecule has 0 N–H and O–H groups in total. The minimum Gasteiger partial charge on any atom is -0.490 e. The fourth-order valence-electron chi connectivity index (χ4n) is 3.31. The number of rotatable bonds is 7. The normalized spacial score (nSPS) is 14.2. The molecule has 3 aromatic carbocycles. The molecular weight excluding hydrogens is 461 g/mol. The van der Waals surface area contributed by atoms with Crippen molar-refractivity contribution < 1.29 is 19.0 Å². The summed E-state index contributed by atoms with van der Waals surface area (Å²) in [7, 11) is 0. The molecule has 0 spiro atoms. The standard InChI is InChI=1S/C26H21Cl2NO4/c1-3-31-23-14-17(12-21(28)24(23)32-15-18-9-5-4-8-16(18)2)13-22-26(30)33-25(29-22)19-10-6-7-11-20(19)27/h4-14H,3,15H2,1-2H3/b22-13-. The molecule has 1 aliphatic heterocycles. The molecule has 0 fully saturated rings. The van der Waals surface area contributed by atoms with Crippen molar-refractivity contribution in [3.63, 3.8) is 0 Å². The molecule has 168 valence electrons. The highest BCUT2D eigenvalue weighted by atomic mass is 35.5. The Morgan fingerprint density at radius 3 is 2.52 bits per heavy atom. The predicted octanol–water partition coefficient (Wildman–Crippen LogP) is 6.62. The molecule has 0 amide bonds. The van der Waals surface area contributed by atoms with Crippen molar-refractivity contribution in [1.82, 2.24) is 0 Å². The first kappa shape index (κ1) is 22.9. The lowest BCUT2D eigenvalue weighted by Gasteiger charge is -2.15. The molecule has 5 nitrogen and oxygen atoms in total. The number of aliphatic imine (C=N–C) groups is 1. The molecule has 7 heteroatoms. The van der Waals surface area contributed by atoms with Gasteiger partial charge in [-0.15, -0.1) is 0 Å². The Balaban J connectivity index is 1.63. The number of carbonyl (C=O) groups excluding carboxylic acids is 1. The molecule has 0 bridgehead atoms. The van der Waals surface area contributed by atoms with Crippen molar-refractivity contribution >= 4 is 41.1 Å². The van der Waals surface area contributed by atoms with Gasteiger partial charge in [0, 0.05) is 0 Å². The highest BCUT2D eigenvalue weighted by Crippen LogP contribution is 2.38. The van der Waals surface area contributed by atoms with Crippen LogP contribution in [0.1, 0.15) is 29.2 Å². The number of ether oxygens (including phenoxy) is 3. The lowest BCUT2D eigenvalue weighted by Crippen LogP contribution is -2.05. The first-order chi connectivity index (χ1) is 16.0. The van der Waals surface area contributed by atoms with Crippen LogP contribution in [0.2, 0.25) is 10.0 Å². The summed E-state index contributed by atoms with van der Waals surface area (Å²) in [4.78, 5) is 16.7. The van der Waals surface area contributed by atoms with E-state index < -0.39 is 5.97 Å². The molecule has 0 aliphatic carbocycles. The molecule has 4 rings (SSSR count). The predicted molar refractivity (Wildman–Crippen MR) is 130 cm³/mol. The van der Waals surface area contributed by atoms with Crippen molar-refractivity contribution in [2.45, 2.75) is 20.5 Å². The number of esters is 1. The van der Waals surface area contributed by atoms with E-state index in [1.165, 1.54) is 0 Å². The van der Waals surface area contributed by atoms with Crippen LogP contribution in [0.4, 0.5) is 0 Å². The SMILES string of the molecule is CCOc1cc(/C=C2\N=C(c3ccccc3Cl)OC2=O)cc(Cl)c1OCc1ccccc1C. The Bertz CT molecular complexity index is 1270. The third-order valence-corrected chi connectivity index (χ3v) is 5.60. The second kappa shape index (κ2) is 10.1. The molecule has 0 radical (unpaired) electrons. The van der Waals surface area contributed by atoms with E-state index in [9.17, 15) is 4.79 Å². The van der Waals surface area contributed by atoms with Crippen molar-refractivity contribution in [2.24, 2.45) is 4.99 Å². The highest BCUT2D eigenvalue weighted by Gasteiger charge is 2.26. The summed E-state index contributed by atoms with van der Waals surface area (Å²) in [5.41, 5.74) is 3.49. The van der Waals surface area contributed by atoms with Crippen LogP contribution in [-0.2, 0) is 16.1 Å². The first-order valence-corrected chi connectivity index (χ1v) is 11.1. The fourth-order valence-corrected chi connectivity index (χ4v) is 3.80. The van der Waals surface area contributed by atoms with Gasteiger partial charge in [0.05, 0.1) is 22.2 Å². The minimum atomic E-state index is -0.570. The zero-order valence-corrected chi connectivity index (χ0v) is 19.6. The van der Waals surface area contributed by atoms with Crippen LogP contribution in [0.25, 0.3) is 6.08 Å². The van der Waals surface area contributed by atoms with Crippen LogP contribution in [0.5, 0.6) is 11.5 Å². The van der Waals surface area contributed by atoms with Gasteiger partial charge in [0.15, 0.2) is 17.2 Å². The first-order valence-electron chi connectivity index (χ1n) is 10.4. The van der Waals surface area contributed by atoms with E-state index >= 15 is 0 Å². The van der Waals surface area contributed by atoms with Gasteiger partial charge in [-0.3, -0.25) is 0 Å². The third kappa shape index (κ3) is 5.21.